The van der Waals surface area contributed by atoms with Gasteiger partial charge in [-0.1, -0.05) is 71.0 Å². The van der Waals surface area contributed by atoms with Gasteiger partial charge in [0.05, 0.1) is 6.04 Å². The lowest BCUT2D eigenvalue weighted by Crippen LogP contribution is -2.40. The molecule has 5 heteroatoms. The number of piperidine rings is 1. The van der Waals surface area contributed by atoms with Gasteiger partial charge in [0.1, 0.15) is 0 Å². The van der Waals surface area contributed by atoms with Gasteiger partial charge in [-0.25, -0.2) is 0 Å². The van der Waals surface area contributed by atoms with Crippen LogP contribution in [-0.4, -0.2) is 21.8 Å². The lowest BCUT2D eigenvalue weighted by Gasteiger charge is -2.38. The lowest BCUT2D eigenvalue weighted by atomic mass is 10.0. The van der Waals surface area contributed by atoms with Crippen molar-refractivity contribution < 1.29 is 0 Å². The van der Waals surface area contributed by atoms with Crippen LogP contribution in [0.1, 0.15) is 30.9 Å². The van der Waals surface area contributed by atoms with Crippen LogP contribution in [0.2, 0.25) is 5.02 Å². The summed E-state index contributed by atoms with van der Waals surface area (Å²) in [7, 11) is 0. The van der Waals surface area contributed by atoms with Crippen molar-refractivity contribution in [3.05, 3.63) is 34.9 Å². The van der Waals surface area contributed by atoms with Gasteiger partial charge >= 0.3 is 0 Å². The summed E-state index contributed by atoms with van der Waals surface area (Å²) in [6, 6.07) is 7.30. The number of likely N-dealkylation sites (tertiary alicyclic amines) is 1. The molecule has 1 aliphatic rings. The lowest BCUT2D eigenvalue weighted by molar-refractivity contribution is 0.165. The van der Waals surface area contributed by atoms with Gasteiger partial charge in [0.2, 0.25) is 3.79 Å². The van der Waals surface area contributed by atoms with E-state index in [2.05, 4.69) is 4.90 Å². The summed E-state index contributed by atoms with van der Waals surface area (Å²) in [5, 5.41) is 0.652. The van der Waals surface area contributed by atoms with E-state index in [0.717, 1.165) is 31.5 Å². The Morgan fingerprint density at radius 3 is 2.17 bits per heavy atom. The molecule has 0 bridgehead atoms. The van der Waals surface area contributed by atoms with Crippen LogP contribution < -0.4 is 0 Å². The molecule has 0 unspecified atom stereocenters. The number of rotatable bonds is 2. The van der Waals surface area contributed by atoms with Gasteiger partial charge in [-0.05, 0) is 37.6 Å². The number of alkyl halides is 3. The molecule has 0 aromatic heterocycles. The van der Waals surface area contributed by atoms with Crippen LogP contribution in [0.4, 0.5) is 0 Å². The number of benzene rings is 1. The molecule has 100 valence electrons. The summed E-state index contributed by atoms with van der Waals surface area (Å²) >= 11 is 24.8. The van der Waals surface area contributed by atoms with E-state index in [0.29, 0.717) is 5.02 Å². The van der Waals surface area contributed by atoms with Gasteiger partial charge in [-0.15, -0.1) is 0 Å². The van der Waals surface area contributed by atoms with E-state index in [-0.39, 0.29) is 6.04 Å². The Bertz CT molecular complexity index is 396. The van der Waals surface area contributed by atoms with Gasteiger partial charge in [0, 0.05) is 5.02 Å². The van der Waals surface area contributed by atoms with Crippen molar-refractivity contribution in [3.8, 4) is 0 Å². The second-order valence-corrected chi connectivity index (χ2v) is 7.34. The van der Waals surface area contributed by atoms with E-state index in [1.165, 1.54) is 6.42 Å². The average molecular weight is 327 g/mol. The Labute approximate surface area is 128 Å². The third-order valence-electron chi connectivity index (χ3n) is 3.27. The van der Waals surface area contributed by atoms with E-state index < -0.39 is 3.79 Å². The molecule has 0 N–H and O–H groups in total. The molecule has 1 nitrogen and oxygen atoms in total. The predicted molar refractivity (Wildman–Crippen MR) is 79.9 cm³/mol. The fourth-order valence-corrected chi connectivity index (χ4v) is 3.46. The zero-order valence-corrected chi connectivity index (χ0v) is 12.9. The summed E-state index contributed by atoms with van der Waals surface area (Å²) in [6.45, 7) is 1.90. The SMILES string of the molecule is Clc1ccccc1[C@@H](N1CCCCC1)C(Cl)(Cl)Cl. The Balaban J connectivity index is 2.34. The van der Waals surface area contributed by atoms with Crippen molar-refractivity contribution in [2.24, 2.45) is 0 Å². The predicted octanol–water partition coefficient (Wildman–Crippen LogP) is 5.24. The molecule has 0 saturated carbocycles. The van der Waals surface area contributed by atoms with Crippen LogP contribution in [-0.2, 0) is 0 Å². The second-order valence-electron chi connectivity index (χ2n) is 4.56. The highest BCUT2D eigenvalue weighted by atomic mass is 35.6. The van der Waals surface area contributed by atoms with Gasteiger partial charge in [-0.2, -0.15) is 0 Å². The first-order valence-corrected chi connectivity index (χ1v) is 7.56. The van der Waals surface area contributed by atoms with Crippen LogP contribution in [0.3, 0.4) is 0 Å². The zero-order valence-electron chi connectivity index (χ0n) is 9.88. The smallest absolute Gasteiger partial charge is 0.210 e. The average Bonchev–Trinajstić information content (AvgIpc) is 2.32. The van der Waals surface area contributed by atoms with Gasteiger partial charge < -0.3 is 0 Å². The molecule has 1 aromatic rings. The second kappa shape index (κ2) is 6.19. The molecule has 1 aliphatic heterocycles. The van der Waals surface area contributed by atoms with Gasteiger partial charge in [0.15, 0.2) is 0 Å². The fraction of sp³-hybridized carbons (Fsp3) is 0.538. The largest absolute Gasteiger partial charge is 0.292 e. The number of hydrogen-bond acceptors (Lipinski definition) is 1. The van der Waals surface area contributed by atoms with E-state index >= 15 is 0 Å². The Morgan fingerprint density at radius 2 is 1.61 bits per heavy atom. The molecule has 0 aliphatic carbocycles. The normalized spacial score (nSPS) is 19.8. The van der Waals surface area contributed by atoms with Gasteiger partial charge in [-0.3, -0.25) is 4.90 Å². The molecule has 1 heterocycles. The summed E-state index contributed by atoms with van der Waals surface area (Å²) < 4.78 is -1.37. The molecule has 18 heavy (non-hydrogen) atoms. The summed E-state index contributed by atoms with van der Waals surface area (Å²) in [4.78, 5) is 2.22. The molecular formula is C13H15Cl4N. The third kappa shape index (κ3) is 3.46. The molecule has 1 atom stereocenters. The van der Waals surface area contributed by atoms with Crippen LogP contribution in [0.25, 0.3) is 0 Å². The minimum atomic E-state index is -1.37. The standard InChI is InChI=1S/C13H15Cl4N/c14-11-7-3-2-6-10(11)12(13(15,16)17)18-8-4-1-5-9-18/h2-3,6-7,12H,1,4-5,8-9H2/t12-/m1/s1. The van der Waals surface area contributed by atoms with Crippen LogP contribution in [0.15, 0.2) is 24.3 Å². The molecule has 1 aromatic carbocycles. The first-order chi connectivity index (χ1) is 8.50. The molecule has 2 rings (SSSR count). The van der Waals surface area contributed by atoms with Crippen LogP contribution in [0, 0.1) is 0 Å². The highest BCUT2D eigenvalue weighted by Crippen LogP contribution is 2.46. The number of nitrogens with zero attached hydrogens (tertiary/aromatic N) is 1. The highest BCUT2D eigenvalue weighted by Gasteiger charge is 2.39. The Morgan fingerprint density at radius 1 is 1.00 bits per heavy atom. The first kappa shape index (κ1) is 14.7. The Hall–Kier alpha value is 0.340. The first-order valence-electron chi connectivity index (χ1n) is 6.05. The molecule has 0 amide bonds. The van der Waals surface area contributed by atoms with E-state index in [1.807, 2.05) is 24.3 Å². The van der Waals surface area contributed by atoms with Crippen molar-refractivity contribution in [2.75, 3.05) is 13.1 Å². The Kier molecular flexibility index (Phi) is 5.07. The highest BCUT2D eigenvalue weighted by molar-refractivity contribution is 6.68. The molecular weight excluding hydrogens is 312 g/mol. The summed E-state index contributed by atoms with van der Waals surface area (Å²) in [6.07, 6.45) is 3.52. The third-order valence-corrected chi connectivity index (χ3v) is 4.23. The quantitative estimate of drug-likeness (QED) is 0.672. The van der Waals surface area contributed by atoms with Crippen molar-refractivity contribution in [2.45, 2.75) is 29.1 Å². The van der Waals surface area contributed by atoms with E-state index in [4.69, 9.17) is 46.4 Å². The summed E-state index contributed by atoms with van der Waals surface area (Å²) in [5.41, 5.74) is 0.890. The van der Waals surface area contributed by atoms with Crippen molar-refractivity contribution in [1.82, 2.24) is 4.90 Å². The minimum absolute atomic E-state index is 0.281. The van der Waals surface area contributed by atoms with Crippen LogP contribution in [0.5, 0.6) is 0 Å². The molecule has 0 radical (unpaired) electrons. The topological polar surface area (TPSA) is 3.24 Å². The minimum Gasteiger partial charge on any atom is -0.292 e. The monoisotopic (exact) mass is 325 g/mol. The van der Waals surface area contributed by atoms with E-state index in [9.17, 15) is 0 Å². The summed E-state index contributed by atoms with van der Waals surface area (Å²) in [5.74, 6) is 0. The maximum atomic E-state index is 6.24. The van der Waals surface area contributed by atoms with Crippen molar-refractivity contribution in [3.63, 3.8) is 0 Å². The molecule has 1 fully saturated rings. The number of halogens is 4. The maximum Gasteiger partial charge on any atom is 0.210 e. The molecule has 1 saturated heterocycles. The van der Waals surface area contributed by atoms with E-state index in [1.54, 1.807) is 0 Å². The number of hydrogen-bond donors (Lipinski definition) is 0. The van der Waals surface area contributed by atoms with Gasteiger partial charge in [0.25, 0.3) is 0 Å². The van der Waals surface area contributed by atoms with Crippen molar-refractivity contribution in [1.29, 1.82) is 0 Å². The van der Waals surface area contributed by atoms with Crippen LogP contribution >= 0.6 is 46.4 Å². The maximum absolute atomic E-state index is 6.24. The zero-order chi connectivity index (χ0) is 13.2. The fourth-order valence-electron chi connectivity index (χ4n) is 2.45. The molecule has 0 spiro atoms. The van der Waals surface area contributed by atoms with Crippen molar-refractivity contribution >= 4 is 46.4 Å².